The first kappa shape index (κ1) is 14.2. The number of methoxy groups -OCH3 is 1. The van der Waals surface area contributed by atoms with Crippen molar-refractivity contribution in [3.63, 3.8) is 0 Å². The van der Waals surface area contributed by atoms with Gasteiger partial charge in [-0.05, 0) is 42.8 Å². The van der Waals surface area contributed by atoms with Gasteiger partial charge in [-0.3, -0.25) is 0 Å². The SMILES string of the molecule is COc1ccc(O)c(CNC(C)c2cccc(O)c2)c1. The Morgan fingerprint density at radius 2 is 1.95 bits per heavy atom. The fraction of sp³-hybridized carbons (Fsp3) is 0.250. The van der Waals surface area contributed by atoms with Crippen LogP contribution in [-0.4, -0.2) is 17.3 Å². The van der Waals surface area contributed by atoms with Crippen LogP contribution in [0.4, 0.5) is 0 Å². The maximum atomic E-state index is 9.82. The summed E-state index contributed by atoms with van der Waals surface area (Å²) in [6, 6.07) is 12.3. The second kappa shape index (κ2) is 6.30. The fourth-order valence-electron chi connectivity index (χ4n) is 2.01. The molecule has 106 valence electrons. The Hall–Kier alpha value is -2.20. The molecule has 0 aliphatic heterocycles. The second-order valence-corrected chi connectivity index (χ2v) is 4.69. The van der Waals surface area contributed by atoms with Crippen LogP contribution in [0.1, 0.15) is 24.1 Å². The molecule has 0 aliphatic carbocycles. The predicted octanol–water partition coefficient (Wildman–Crippen LogP) is 2.96. The highest BCUT2D eigenvalue weighted by Crippen LogP contribution is 2.24. The Bertz CT molecular complexity index is 584. The van der Waals surface area contributed by atoms with Crippen molar-refractivity contribution in [2.75, 3.05) is 7.11 Å². The van der Waals surface area contributed by atoms with E-state index in [4.69, 9.17) is 4.74 Å². The molecule has 3 N–H and O–H groups in total. The number of nitrogens with one attached hydrogen (secondary N) is 1. The van der Waals surface area contributed by atoms with E-state index in [0.29, 0.717) is 12.3 Å². The first-order valence-electron chi connectivity index (χ1n) is 6.48. The van der Waals surface area contributed by atoms with Gasteiger partial charge in [0.25, 0.3) is 0 Å². The molecule has 4 heteroatoms. The van der Waals surface area contributed by atoms with E-state index in [1.165, 1.54) is 0 Å². The largest absolute Gasteiger partial charge is 0.508 e. The van der Waals surface area contributed by atoms with Gasteiger partial charge in [-0.15, -0.1) is 0 Å². The molecule has 4 nitrogen and oxygen atoms in total. The van der Waals surface area contributed by atoms with E-state index in [2.05, 4.69) is 5.32 Å². The number of aromatic hydroxyl groups is 2. The van der Waals surface area contributed by atoms with Crippen LogP contribution in [0.2, 0.25) is 0 Å². The van der Waals surface area contributed by atoms with E-state index < -0.39 is 0 Å². The summed E-state index contributed by atoms with van der Waals surface area (Å²) in [5.74, 6) is 1.20. The molecule has 2 aromatic rings. The minimum atomic E-state index is 0.0627. The topological polar surface area (TPSA) is 61.7 Å². The normalized spacial score (nSPS) is 12.1. The van der Waals surface area contributed by atoms with Crippen LogP contribution in [0.25, 0.3) is 0 Å². The number of rotatable bonds is 5. The quantitative estimate of drug-likeness (QED) is 0.784. The zero-order valence-electron chi connectivity index (χ0n) is 11.6. The molecule has 2 aromatic carbocycles. The van der Waals surface area contributed by atoms with E-state index >= 15 is 0 Å². The van der Waals surface area contributed by atoms with Gasteiger partial charge in [0, 0.05) is 18.2 Å². The van der Waals surface area contributed by atoms with Crippen molar-refractivity contribution in [3.8, 4) is 17.2 Å². The maximum absolute atomic E-state index is 9.82. The third kappa shape index (κ3) is 3.42. The van der Waals surface area contributed by atoms with E-state index in [-0.39, 0.29) is 17.5 Å². The van der Waals surface area contributed by atoms with Gasteiger partial charge >= 0.3 is 0 Å². The van der Waals surface area contributed by atoms with Crippen molar-refractivity contribution < 1.29 is 14.9 Å². The molecule has 0 saturated carbocycles. The van der Waals surface area contributed by atoms with Crippen LogP contribution in [0.3, 0.4) is 0 Å². The van der Waals surface area contributed by atoms with E-state index in [0.717, 1.165) is 11.1 Å². The van der Waals surface area contributed by atoms with Crippen molar-refractivity contribution in [1.29, 1.82) is 0 Å². The van der Waals surface area contributed by atoms with Gasteiger partial charge in [-0.2, -0.15) is 0 Å². The molecule has 0 fully saturated rings. The molecule has 0 bridgehead atoms. The summed E-state index contributed by atoms with van der Waals surface area (Å²) in [7, 11) is 1.60. The number of benzene rings is 2. The van der Waals surface area contributed by atoms with Gasteiger partial charge in [0.2, 0.25) is 0 Å². The lowest BCUT2D eigenvalue weighted by Crippen LogP contribution is -2.18. The third-order valence-corrected chi connectivity index (χ3v) is 3.26. The molecular weight excluding hydrogens is 254 g/mol. The summed E-state index contributed by atoms with van der Waals surface area (Å²) in [5.41, 5.74) is 1.77. The lowest BCUT2D eigenvalue weighted by molar-refractivity contribution is 0.409. The third-order valence-electron chi connectivity index (χ3n) is 3.26. The highest BCUT2D eigenvalue weighted by Gasteiger charge is 2.08. The summed E-state index contributed by atoms with van der Waals surface area (Å²) in [6.45, 7) is 2.52. The average Bonchev–Trinajstić information content (AvgIpc) is 2.46. The van der Waals surface area contributed by atoms with Crippen molar-refractivity contribution in [2.24, 2.45) is 0 Å². The highest BCUT2D eigenvalue weighted by atomic mass is 16.5. The number of hydrogen-bond donors (Lipinski definition) is 3. The highest BCUT2D eigenvalue weighted by molar-refractivity contribution is 5.39. The van der Waals surface area contributed by atoms with Crippen molar-refractivity contribution >= 4 is 0 Å². The summed E-state index contributed by atoms with van der Waals surface area (Å²) >= 11 is 0. The Labute approximate surface area is 118 Å². The fourth-order valence-corrected chi connectivity index (χ4v) is 2.01. The van der Waals surface area contributed by atoms with Crippen LogP contribution in [0.5, 0.6) is 17.2 Å². The van der Waals surface area contributed by atoms with Crippen molar-refractivity contribution in [1.82, 2.24) is 5.32 Å². The minimum absolute atomic E-state index is 0.0627. The van der Waals surface area contributed by atoms with Gasteiger partial charge in [0.05, 0.1) is 7.11 Å². The van der Waals surface area contributed by atoms with Gasteiger partial charge in [-0.1, -0.05) is 12.1 Å². The Balaban J connectivity index is 2.05. The molecule has 20 heavy (non-hydrogen) atoms. The average molecular weight is 273 g/mol. The minimum Gasteiger partial charge on any atom is -0.508 e. The number of hydrogen-bond acceptors (Lipinski definition) is 4. The Morgan fingerprint density at radius 1 is 1.15 bits per heavy atom. The molecule has 0 saturated heterocycles. The molecule has 2 rings (SSSR count). The van der Waals surface area contributed by atoms with E-state index in [9.17, 15) is 10.2 Å². The molecule has 0 aromatic heterocycles. The van der Waals surface area contributed by atoms with Gasteiger partial charge in [-0.25, -0.2) is 0 Å². The molecule has 0 aliphatic rings. The molecule has 1 atom stereocenters. The van der Waals surface area contributed by atoms with Crippen LogP contribution in [-0.2, 0) is 6.54 Å². The van der Waals surface area contributed by atoms with Crippen molar-refractivity contribution in [2.45, 2.75) is 19.5 Å². The standard InChI is InChI=1S/C16H19NO3/c1-11(12-4-3-5-14(18)8-12)17-10-13-9-15(20-2)6-7-16(13)19/h3-9,11,17-19H,10H2,1-2H3. The smallest absolute Gasteiger partial charge is 0.120 e. The van der Waals surface area contributed by atoms with Crippen LogP contribution >= 0.6 is 0 Å². The Morgan fingerprint density at radius 3 is 2.65 bits per heavy atom. The Kier molecular flexibility index (Phi) is 4.48. The van der Waals surface area contributed by atoms with E-state index in [1.807, 2.05) is 19.1 Å². The van der Waals surface area contributed by atoms with Crippen LogP contribution in [0.15, 0.2) is 42.5 Å². The first-order valence-corrected chi connectivity index (χ1v) is 6.48. The lowest BCUT2D eigenvalue weighted by Gasteiger charge is -2.15. The predicted molar refractivity (Wildman–Crippen MR) is 78.0 cm³/mol. The van der Waals surface area contributed by atoms with Crippen LogP contribution < -0.4 is 10.1 Å². The lowest BCUT2D eigenvalue weighted by atomic mass is 10.1. The maximum Gasteiger partial charge on any atom is 0.120 e. The molecule has 1 unspecified atom stereocenters. The van der Waals surface area contributed by atoms with Crippen LogP contribution in [0, 0.1) is 0 Å². The van der Waals surface area contributed by atoms with Gasteiger partial charge in [0.1, 0.15) is 17.2 Å². The molecular formula is C16H19NO3. The molecule has 0 heterocycles. The first-order chi connectivity index (χ1) is 9.60. The molecule has 0 radical (unpaired) electrons. The molecule has 0 amide bonds. The zero-order valence-corrected chi connectivity index (χ0v) is 11.6. The summed E-state index contributed by atoms with van der Waals surface area (Å²) in [6.07, 6.45) is 0. The number of phenols is 2. The van der Waals surface area contributed by atoms with E-state index in [1.54, 1.807) is 37.4 Å². The summed E-state index contributed by atoms with van der Waals surface area (Å²) < 4.78 is 5.15. The second-order valence-electron chi connectivity index (χ2n) is 4.69. The summed E-state index contributed by atoms with van der Waals surface area (Å²) in [4.78, 5) is 0. The monoisotopic (exact) mass is 273 g/mol. The molecule has 0 spiro atoms. The number of ether oxygens (including phenoxy) is 1. The number of phenolic OH excluding ortho intramolecular Hbond substituents is 2. The van der Waals surface area contributed by atoms with Crippen molar-refractivity contribution in [3.05, 3.63) is 53.6 Å². The van der Waals surface area contributed by atoms with Gasteiger partial charge in [0.15, 0.2) is 0 Å². The van der Waals surface area contributed by atoms with Gasteiger partial charge < -0.3 is 20.3 Å². The zero-order chi connectivity index (χ0) is 14.5. The summed E-state index contributed by atoms with van der Waals surface area (Å²) in [5, 5.41) is 22.6.